The molecule has 0 saturated carbocycles. The van der Waals surface area contributed by atoms with Crippen molar-refractivity contribution in [1.29, 1.82) is 0 Å². The Bertz CT molecular complexity index is 838. The molecule has 3 rings (SSSR count). The molecular weight excluding hydrogens is 330 g/mol. The number of aliphatic carboxylic acids is 1. The van der Waals surface area contributed by atoms with E-state index < -0.39 is 11.9 Å². The summed E-state index contributed by atoms with van der Waals surface area (Å²) >= 11 is 2.35. The van der Waals surface area contributed by atoms with Crippen LogP contribution in [0.15, 0.2) is 45.1 Å². The van der Waals surface area contributed by atoms with E-state index in [4.69, 9.17) is 0 Å². The van der Waals surface area contributed by atoms with Crippen LogP contribution in [0.1, 0.15) is 42.7 Å². The summed E-state index contributed by atoms with van der Waals surface area (Å²) in [5.41, 5.74) is 2.43. The van der Waals surface area contributed by atoms with Crippen LogP contribution < -0.4 is 4.87 Å². The molecule has 0 radical (unpaired) electrons. The third-order valence-corrected chi connectivity index (χ3v) is 5.88. The summed E-state index contributed by atoms with van der Waals surface area (Å²) in [4.78, 5) is 26.7. The average molecular weight is 347 g/mol. The Morgan fingerprint density at radius 2 is 1.87 bits per heavy atom. The molecule has 0 spiro atoms. The minimum absolute atomic E-state index is 0.0382. The van der Waals surface area contributed by atoms with Crippen LogP contribution in [0.5, 0.6) is 0 Å². The number of rotatable bonds is 2. The van der Waals surface area contributed by atoms with Gasteiger partial charge in [0.1, 0.15) is 0 Å². The summed E-state index contributed by atoms with van der Waals surface area (Å²) in [5, 5.41) is 11.9. The summed E-state index contributed by atoms with van der Waals surface area (Å²) < 4.78 is 0. The van der Waals surface area contributed by atoms with Gasteiger partial charge in [-0.2, -0.15) is 0 Å². The number of carboxylic acids is 1. The molecule has 1 aromatic heterocycles. The molecule has 0 amide bonds. The van der Waals surface area contributed by atoms with E-state index in [1.165, 1.54) is 17.3 Å². The second-order valence-corrected chi connectivity index (χ2v) is 8.40. The van der Waals surface area contributed by atoms with Gasteiger partial charge in [0.05, 0.1) is 21.4 Å². The van der Waals surface area contributed by atoms with Gasteiger partial charge in [0.2, 0.25) is 0 Å². The van der Waals surface area contributed by atoms with Crippen molar-refractivity contribution in [3.05, 3.63) is 60.9 Å². The Kier molecular flexibility index (Phi) is 3.98. The van der Waals surface area contributed by atoms with Crippen LogP contribution in [0.4, 0.5) is 0 Å². The second kappa shape index (κ2) is 5.69. The van der Waals surface area contributed by atoms with Crippen molar-refractivity contribution in [3.8, 4) is 0 Å². The first-order valence-electron chi connectivity index (χ1n) is 7.21. The first-order valence-corrected chi connectivity index (χ1v) is 8.90. The zero-order valence-electron chi connectivity index (χ0n) is 13.0. The molecule has 6 heteroatoms. The number of carbonyl (C=O) groups is 1. The van der Waals surface area contributed by atoms with Crippen molar-refractivity contribution >= 4 is 29.1 Å². The van der Waals surface area contributed by atoms with Crippen molar-refractivity contribution in [2.45, 2.75) is 37.1 Å². The van der Waals surface area contributed by atoms with E-state index in [1.807, 2.05) is 24.3 Å². The van der Waals surface area contributed by atoms with E-state index in [1.54, 1.807) is 5.41 Å². The molecule has 0 aliphatic carbocycles. The number of carboxylic acid groups (broad SMARTS) is 1. The Morgan fingerprint density at radius 3 is 2.43 bits per heavy atom. The van der Waals surface area contributed by atoms with Crippen molar-refractivity contribution in [2.75, 3.05) is 0 Å². The van der Waals surface area contributed by atoms with Gasteiger partial charge in [-0.15, -0.1) is 0 Å². The smallest absolute Gasteiger partial charge is 0.333 e. The van der Waals surface area contributed by atoms with Gasteiger partial charge in [-0.25, -0.2) is 4.79 Å². The fourth-order valence-corrected chi connectivity index (χ4v) is 4.69. The highest BCUT2D eigenvalue weighted by atomic mass is 32.2. The molecule has 0 saturated heterocycles. The lowest BCUT2D eigenvalue weighted by molar-refractivity contribution is -0.132. The minimum Gasteiger partial charge on any atom is -0.478 e. The van der Waals surface area contributed by atoms with Gasteiger partial charge in [0, 0.05) is 0 Å². The maximum absolute atomic E-state index is 11.7. The first kappa shape index (κ1) is 16.1. The van der Waals surface area contributed by atoms with Crippen molar-refractivity contribution in [2.24, 2.45) is 0 Å². The van der Waals surface area contributed by atoms with Crippen LogP contribution in [-0.4, -0.2) is 16.1 Å². The number of aromatic nitrogens is 1. The standard InChI is InChI=1S/C17H17NO3S2/c1-17(2,3)10-6-4-9(5-7-10)12-11(15(19)20)8-22-14-13(12)23-16(21)18-14/h4-8,12H,1-3H3,(H,18,21)(H,19,20)/t12-/m0/s1. The number of thiazole rings is 1. The SMILES string of the molecule is CC(C)(C)c1ccc([C@H]2C(C(=O)O)=CSc3[nH]c(=O)sc32)cc1. The number of aromatic amines is 1. The number of fused-ring (bicyclic) bond motifs is 1. The highest BCUT2D eigenvalue weighted by molar-refractivity contribution is 8.02. The topological polar surface area (TPSA) is 70.2 Å². The quantitative estimate of drug-likeness (QED) is 0.863. The maximum Gasteiger partial charge on any atom is 0.333 e. The van der Waals surface area contributed by atoms with Crippen LogP contribution in [0.2, 0.25) is 0 Å². The summed E-state index contributed by atoms with van der Waals surface area (Å²) in [6, 6.07) is 8.00. The summed E-state index contributed by atoms with van der Waals surface area (Å²) in [6.07, 6.45) is 0. The Morgan fingerprint density at radius 1 is 1.22 bits per heavy atom. The Hall–Kier alpha value is -1.79. The van der Waals surface area contributed by atoms with E-state index in [0.717, 1.165) is 26.8 Å². The Labute approximate surface area is 142 Å². The van der Waals surface area contributed by atoms with Gasteiger partial charge < -0.3 is 10.1 Å². The minimum atomic E-state index is -0.950. The number of H-pyrrole nitrogens is 1. The lowest BCUT2D eigenvalue weighted by atomic mass is 9.84. The third kappa shape index (κ3) is 3.01. The van der Waals surface area contributed by atoms with Crippen LogP contribution in [0, 0.1) is 0 Å². The third-order valence-electron chi connectivity index (χ3n) is 3.88. The van der Waals surface area contributed by atoms with Crippen LogP contribution in [0.3, 0.4) is 0 Å². The van der Waals surface area contributed by atoms with Gasteiger partial charge in [-0.3, -0.25) is 4.79 Å². The Balaban J connectivity index is 2.10. The lowest BCUT2D eigenvalue weighted by Gasteiger charge is -2.23. The molecule has 1 aromatic carbocycles. The second-order valence-electron chi connectivity index (χ2n) is 6.51. The molecule has 0 bridgehead atoms. The van der Waals surface area contributed by atoms with E-state index in [-0.39, 0.29) is 10.3 Å². The molecule has 1 aliphatic rings. The van der Waals surface area contributed by atoms with E-state index >= 15 is 0 Å². The fraction of sp³-hybridized carbons (Fsp3) is 0.294. The van der Waals surface area contributed by atoms with E-state index in [9.17, 15) is 14.7 Å². The van der Waals surface area contributed by atoms with Crippen LogP contribution in [0.25, 0.3) is 0 Å². The molecule has 0 unspecified atom stereocenters. The monoisotopic (exact) mass is 347 g/mol. The summed E-state index contributed by atoms with van der Waals surface area (Å²) in [7, 11) is 0. The number of hydrogen-bond donors (Lipinski definition) is 2. The molecule has 1 aliphatic heterocycles. The van der Waals surface area contributed by atoms with Crippen LogP contribution in [-0.2, 0) is 10.2 Å². The maximum atomic E-state index is 11.7. The molecule has 23 heavy (non-hydrogen) atoms. The van der Waals surface area contributed by atoms with Gasteiger partial charge in [0.15, 0.2) is 0 Å². The zero-order valence-corrected chi connectivity index (χ0v) is 14.7. The molecule has 1 atom stereocenters. The summed E-state index contributed by atoms with van der Waals surface area (Å²) in [6.45, 7) is 6.41. The number of thioether (sulfide) groups is 1. The fourth-order valence-electron chi connectivity index (χ4n) is 2.62. The van der Waals surface area contributed by atoms with Crippen molar-refractivity contribution in [3.63, 3.8) is 0 Å². The van der Waals surface area contributed by atoms with Gasteiger partial charge >= 0.3 is 10.8 Å². The van der Waals surface area contributed by atoms with Gasteiger partial charge in [-0.1, -0.05) is 68.1 Å². The van der Waals surface area contributed by atoms with E-state index in [0.29, 0.717) is 5.57 Å². The molecule has 2 heterocycles. The van der Waals surface area contributed by atoms with Crippen LogP contribution >= 0.6 is 23.1 Å². The van der Waals surface area contributed by atoms with Gasteiger partial charge in [-0.05, 0) is 21.9 Å². The number of hydrogen-bond acceptors (Lipinski definition) is 4. The molecule has 2 N–H and O–H groups in total. The lowest BCUT2D eigenvalue weighted by Crippen LogP contribution is -2.15. The van der Waals surface area contributed by atoms with Gasteiger partial charge in [0.25, 0.3) is 0 Å². The van der Waals surface area contributed by atoms with E-state index in [2.05, 4.69) is 25.8 Å². The highest BCUT2D eigenvalue weighted by Gasteiger charge is 2.32. The molecule has 120 valence electrons. The molecule has 0 fully saturated rings. The predicted molar refractivity (Wildman–Crippen MR) is 93.5 cm³/mol. The average Bonchev–Trinajstić information content (AvgIpc) is 2.85. The number of nitrogens with one attached hydrogen (secondary N) is 1. The molecule has 4 nitrogen and oxygen atoms in total. The predicted octanol–water partition coefficient (Wildman–Crippen LogP) is 3.94. The highest BCUT2D eigenvalue weighted by Crippen LogP contribution is 2.44. The largest absolute Gasteiger partial charge is 0.478 e. The molecule has 2 aromatic rings. The normalized spacial score (nSPS) is 17.5. The van der Waals surface area contributed by atoms with Crippen molar-refractivity contribution in [1.82, 2.24) is 4.98 Å². The van der Waals surface area contributed by atoms with Crippen molar-refractivity contribution < 1.29 is 9.90 Å². The number of benzene rings is 1. The summed E-state index contributed by atoms with van der Waals surface area (Å²) in [5.74, 6) is -1.35. The molecular formula is C17H17NO3S2. The zero-order chi connectivity index (χ0) is 16.8. The first-order chi connectivity index (χ1) is 10.8.